The highest BCUT2D eigenvalue weighted by molar-refractivity contribution is 5.92. The molecule has 2 amide bonds. The minimum absolute atomic E-state index is 0.0294. The van der Waals surface area contributed by atoms with Crippen LogP contribution in [0, 0.1) is 5.92 Å². The van der Waals surface area contributed by atoms with Gasteiger partial charge < -0.3 is 20.1 Å². The lowest BCUT2D eigenvalue weighted by molar-refractivity contribution is -0.129. The van der Waals surface area contributed by atoms with Crippen molar-refractivity contribution in [1.82, 2.24) is 4.90 Å². The zero-order valence-corrected chi connectivity index (χ0v) is 15.9. The van der Waals surface area contributed by atoms with Gasteiger partial charge in [-0.05, 0) is 49.5 Å². The Morgan fingerprint density at radius 3 is 2.50 bits per heavy atom. The molecule has 0 aromatic heterocycles. The van der Waals surface area contributed by atoms with E-state index in [9.17, 15) is 9.59 Å². The van der Waals surface area contributed by atoms with E-state index < -0.39 is 5.91 Å². The minimum Gasteiger partial charge on any atom is -0.493 e. The second-order valence-electron chi connectivity index (χ2n) is 6.96. The maximum atomic E-state index is 12.7. The fraction of sp³-hybridized carbons (Fsp3) is 0.500. The molecule has 0 radical (unpaired) electrons. The van der Waals surface area contributed by atoms with E-state index in [2.05, 4.69) is 20.8 Å². The summed E-state index contributed by atoms with van der Waals surface area (Å²) in [5.74, 6) is 0.802. The molecule has 142 valence electrons. The maximum absolute atomic E-state index is 12.7. The van der Waals surface area contributed by atoms with E-state index in [1.165, 1.54) is 7.11 Å². The number of nitrogens with zero attached hydrogens (tertiary/aromatic N) is 1. The van der Waals surface area contributed by atoms with Gasteiger partial charge in [-0.25, -0.2) is 0 Å². The lowest BCUT2D eigenvalue weighted by Crippen LogP contribution is -2.42. The fourth-order valence-corrected chi connectivity index (χ4v) is 2.70. The SMILES string of the molecule is COc1cc(/C=C/C(=O)N(C2CC2)[C@@H](C)C(C)C)ccc1OCC(N)=O. The van der Waals surface area contributed by atoms with Crippen molar-refractivity contribution in [2.24, 2.45) is 11.7 Å². The molecule has 0 bridgehead atoms. The molecule has 6 nitrogen and oxygen atoms in total. The molecule has 1 fully saturated rings. The summed E-state index contributed by atoms with van der Waals surface area (Å²) in [5.41, 5.74) is 5.90. The van der Waals surface area contributed by atoms with Crippen LogP contribution in [-0.4, -0.2) is 42.5 Å². The summed E-state index contributed by atoms with van der Waals surface area (Å²) in [6.07, 6.45) is 5.54. The molecule has 0 unspecified atom stereocenters. The van der Waals surface area contributed by atoms with Crippen LogP contribution in [0.3, 0.4) is 0 Å². The molecule has 1 aliphatic rings. The summed E-state index contributed by atoms with van der Waals surface area (Å²) >= 11 is 0. The van der Waals surface area contributed by atoms with E-state index in [0.717, 1.165) is 18.4 Å². The first-order valence-corrected chi connectivity index (χ1v) is 8.93. The molecule has 2 rings (SSSR count). The molecule has 0 aliphatic heterocycles. The first kappa shape index (κ1) is 19.8. The summed E-state index contributed by atoms with van der Waals surface area (Å²) in [4.78, 5) is 25.5. The van der Waals surface area contributed by atoms with Crippen LogP contribution >= 0.6 is 0 Å². The predicted molar refractivity (Wildman–Crippen MR) is 101 cm³/mol. The zero-order chi connectivity index (χ0) is 19.3. The van der Waals surface area contributed by atoms with Crippen LogP contribution in [0.25, 0.3) is 6.08 Å². The normalized spacial score (nSPS) is 15.1. The van der Waals surface area contributed by atoms with Crippen LogP contribution < -0.4 is 15.2 Å². The molecule has 0 saturated heterocycles. The van der Waals surface area contributed by atoms with Crippen molar-refractivity contribution in [2.75, 3.05) is 13.7 Å². The van der Waals surface area contributed by atoms with Gasteiger partial charge in [-0.1, -0.05) is 19.9 Å². The number of nitrogens with two attached hydrogens (primary N) is 1. The molecule has 1 atom stereocenters. The Labute approximate surface area is 154 Å². The van der Waals surface area contributed by atoms with Crippen LogP contribution in [0.4, 0.5) is 0 Å². The largest absolute Gasteiger partial charge is 0.493 e. The third kappa shape index (κ3) is 5.25. The molecule has 1 aromatic rings. The van der Waals surface area contributed by atoms with Crippen LogP contribution in [0.5, 0.6) is 11.5 Å². The summed E-state index contributed by atoms with van der Waals surface area (Å²) in [7, 11) is 1.52. The van der Waals surface area contributed by atoms with Gasteiger partial charge in [-0.2, -0.15) is 0 Å². The van der Waals surface area contributed by atoms with Gasteiger partial charge in [0.15, 0.2) is 18.1 Å². The van der Waals surface area contributed by atoms with Crippen LogP contribution in [0.15, 0.2) is 24.3 Å². The second-order valence-corrected chi connectivity index (χ2v) is 6.96. The molecule has 2 N–H and O–H groups in total. The molecule has 0 heterocycles. The third-order valence-electron chi connectivity index (χ3n) is 4.57. The first-order valence-electron chi connectivity index (χ1n) is 8.93. The number of rotatable bonds is 9. The van der Waals surface area contributed by atoms with E-state index in [1.807, 2.05) is 4.90 Å². The number of hydrogen-bond acceptors (Lipinski definition) is 4. The number of carbonyl (C=O) groups excluding carboxylic acids is 2. The lowest BCUT2D eigenvalue weighted by atomic mass is 10.0. The molecule has 1 aromatic carbocycles. The number of benzene rings is 1. The van der Waals surface area contributed by atoms with Crippen molar-refractivity contribution >= 4 is 17.9 Å². The Bertz CT molecular complexity index is 680. The highest BCUT2D eigenvalue weighted by atomic mass is 16.5. The monoisotopic (exact) mass is 360 g/mol. The topological polar surface area (TPSA) is 81.9 Å². The maximum Gasteiger partial charge on any atom is 0.255 e. The van der Waals surface area contributed by atoms with Crippen molar-refractivity contribution in [3.8, 4) is 11.5 Å². The zero-order valence-electron chi connectivity index (χ0n) is 15.9. The first-order chi connectivity index (χ1) is 12.3. The minimum atomic E-state index is -0.555. The van der Waals surface area contributed by atoms with Gasteiger partial charge in [0.1, 0.15) is 0 Å². The van der Waals surface area contributed by atoms with Gasteiger partial charge in [0.2, 0.25) is 5.91 Å². The standard InChI is InChI=1S/C20H28N2O4/c1-13(2)14(3)22(16-7-8-16)20(24)10-6-15-5-9-17(18(11-15)25-4)26-12-19(21)23/h5-6,9-11,13-14,16H,7-8,12H2,1-4H3,(H2,21,23)/b10-6+/t14-/m0/s1. The van der Waals surface area contributed by atoms with Crippen LogP contribution in [0.2, 0.25) is 0 Å². The second kappa shape index (κ2) is 8.74. The van der Waals surface area contributed by atoms with Crippen molar-refractivity contribution in [3.05, 3.63) is 29.8 Å². The number of methoxy groups -OCH3 is 1. The molecule has 0 spiro atoms. The summed E-state index contributed by atoms with van der Waals surface area (Å²) in [5, 5.41) is 0. The molecular weight excluding hydrogens is 332 g/mol. The smallest absolute Gasteiger partial charge is 0.255 e. The van der Waals surface area contributed by atoms with Crippen molar-refractivity contribution in [2.45, 2.75) is 45.7 Å². The van der Waals surface area contributed by atoms with Gasteiger partial charge >= 0.3 is 0 Å². The summed E-state index contributed by atoms with van der Waals surface area (Å²) in [6, 6.07) is 5.83. The number of amides is 2. The Morgan fingerprint density at radius 2 is 1.96 bits per heavy atom. The van der Waals surface area contributed by atoms with E-state index >= 15 is 0 Å². The number of carbonyl (C=O) groups is 2. The Hall–Kier alpha value is -2.50. The van der Waals surface area contributed by atoms with Gasteiger partial charge in [0.25, 0.3) is 5.91 Å². The highest BCUT2D eigenvalue weighted by Gasteiger charge is 2.35. The molecular formula is C20H28N2O4. The Balaban J connectivity index is 2.10. The van der Waals surface area contributed by atoms with E-state index in [4.69, 9.17) is 15.2 Å². The van der Waals surface area contributed by atoms with Gasteiger partial charge in [0, 0.05) is 18.2 Å². The molecule has 26 heavy (non-hydrogen) atoms. The van der Waals surface area contributed by atoms with E-state index in [1.54, 1.807) is 30.4 Å². The number of ether oxygens (including phenoxy) is 2. The summed E-state index contributed by atoms with van der Waals surface area (Å²) < 4.78 is 10.6. The number of primary amides is 1. The van der Waals surface area contributed by atoms with Crippen LogP contribution in [0.1, 0.15) is 39.2 Å². The van der Waals surface area contributed by atoms with Crippen molar-refractivity contribution < 1.29 is 19.1 Å². The quantitative estimate of drug-likeness (QED) is 0.686. The van der Waals surface area contributed by atoms with Gasteiger partial charge in [0.05, 0.1) is 7.11 Å². The molecule has 1 saturated carbocycles. The van der Waals surface area contributed by atoms with Gasteiger partial charge in [-0.3, -0.25) is 9.59 Å². The lowest BCUT2D eigenvalue weighted by Gasteiger charge is -2.31. The fourth-order valence-electron chi connectivity index (χ4n) is 2.70. The Kier molecular flexibility index (Phi) is 6.66. The highest BCUT2D eigenvalue weighted by Crippen LogP contribution is 2.31. The molecule has 1 aliphatic carbocycles. The van der Waals surface area contributed by atoms with Crippen molar-refractivity contribution in [3.63, 3.8) is 0 Å². The van der Waals surface area contributed by atoms with Crippen molar-refractivity contribution in [1.29, 1.82) is 0 Å². The number of hydrogen-bond donors (Lipinski definition) is 1. The molecule has 6 heteroatoms. The summed E-state index contributed by atoms with van der Waals surface area (Å²) in [6.45, 7) is 6.15. The van der Waals surface area contributed by atoms with Gasteiger partial charge in [-0.15, -0.1) is 0 Å². The average Bonchev–Trinajstić information content (AvgIpc) is 3.43. The van der Waals surface area contributed by atoms with E-state index in [0.29, 0.717) is 23.5 Å². The van der Waals surface area contributed by atoms with Crippen LogP contribution in [-0.2, 0) is 9.59 Å². The third-order valence-corrected chi connectivity index (χ3v) is 4.57. The predicted octanol–water partition coefficient (Wildman–Crippen LogP) is 2.61. The Morgan fingerprint density at radius 1 is 1.27 bits per heavy atom. The average molecular weight is 360 g/mol. The van der Waals surface area contributed by atoms with E-state index in [-0.39, 0.29) is 18.6 Å².